The van der Waals surface area contributed by atoms with Crippen LogP contribution >= 0.6 is 0 Å². The second kappa shape index (κ2) is 8.46. The Labute approximate surface area is 165 Å². The number of amides is 1. The summed E-state index contributed by atoms with van der Waals surface area (Å²) in [7, 11) is 0. The molecule has 0 spiro atoms. The van der Waals surface area contributed by atoms with E-state index in [9.17, 15) is 4.79 Å². The molecule has 1 amide bonds. The lowest BCUT2D eigenvalue weighted by atomic mass is 10.2. The molecular formula is C23H27N3O2. The average molecular weight is 377 g/mol. The minimum absolute atomic E-state index is 0.0884. The van der Waals surface area contributed by atoms with Crippen LogP contribution in [0.15, 0.2) is 54.6 Å². The predicted molar refractivity (Wildman–Crippen MR) is 110 cm³/mol. The molecule has 1 fully saturated rings. The number of fused-ring (bicyclic) bond motifs is 1. The Morgan fingerprint density at radius 2 is 1.89 bits per heavy atom. The zero-order valence-electron chi connectivity index (χ0n) is 16.4. The summed E-state index contributed by atoms with van der Waals surface area (Å²) in [5.41, 5.74) is 2.16. The number of aryl methyl sites for hydroxylation is 1. The van der Waals surface area contributed by atoms with Gasteiger partial charge in [0.15, 0.2) is 0 Å². The summed E-state index contributed by atoms with van der Waals surface area (Å²) in [6.07, 6.45) is 4.01. The third-order valence-electron chi connectivity index (χ3n) is 5.43. The van der Waals surface area contributed by atoms with Gasteiger partial charge in [0.05, 0.1) is 23.7 Å². The number of unbranched alkanes of at least 4 members (excludes halogenated alkanes) is 1. The van der Waals surface area contributed by atoms with E-state index in [1.807, 2.05) is 41.3 Å². The highest BCUT2D eigenvalue weighted by Crippen LogP contribution is 2.33. The van der Waals surface area contributed by atoms with E-state index in [-0.39, 0.29) is 11.9 Å². The Kier molecular flexibility index (Phi) is 5.60. The lowest BCUT2D eigenvalue weighted by Crippen LogP contribution is -2.30. The lowest BCUT2D eigenvalue weighted by molar-refractivity contribution is -0.129. The number of hydrogen-bond donors (Lipinski definition) is 0. The number of carbonyl (C=O) groups is 1. The van der Waals surface area contributed by atoms with E-state index < -0.39 is 0 Å². The predicted octanol–water partition coefficient (Wildman–Crippen LogP) is 4.58. The van der Waals surface area contributed by atoms with Crippen molar-refractivity contribution >= 4 is 16.9 Å². The van der Waals surface area contributed by atoms with E-state index in [1.165, 1.54) is 0 Å². The molecule has 0 aliphatic carbocycles. The van der Waals surface area contributed by atoms with E-state index >= 15 is 0 Å². The number of para-hydroxylation sites is 3. The van der Waals surface area contributed by atoms with E-state index in [0.717, 1.165) is 61.4 Å². The topological polar surface area (TPSA) is 47.4 Å². The normalized spacial score (nSPS) is 16.6. The van der Waals surface area contributed by atoms with Crippen LogP contribution in [0.3, 0.4) is 0 Å². The highest BCUT2D eigenvalue weighted by atomic mass is 16.5. The Hall–Kier alpha value is -2.82. The third-order valence-corrected chi connectivity index (χ3v) is 5.43. The lowest BCUT2D eigenvalue weighted by Gasteiger charge is -2.24. The molecule has 2 heterocycles. The molecular weight excluding hydrogens is 350 g/mol. The van der Waals surface area contributed by atoms with Gasteiger partial charge in [0, 0.05) is 20.0 Å². The number of likely N-dealkylation sites (tertiary alicyclic amines) is 1. The molecule has 0 saturated carbocycles. The van der Waals surface area contributed by atoms with Gasteiger partial charge in [0.1, 0.15) is 11.6 Å². The average Bonchev–Trinajstić information content (AvgIpc) is 3.33. The molecule has 5 nitrogen and oxygen atoms in total. The Balaban J connectivity index is 1.47. The summed E-state index contributed by atoms with van der Waals surface area (Å²) < 4.78 is 8.12. The summed E-state index contributed by atoms with van der Waals surface area (Å²) in [6, 6.07) is 18.3. The maximum atomic E-state index is 12.1. The molecule has 1 aromatic heterocycles. The minimum atomic E-state index is 0.0884. The minimum Gasteiger partial charge on any atom is -0.494 e. The van der Waals surface area contributed by atoms with E-state index in [1.54, 1.807) is 6.92 Å². The van der Waals surface area contributed by atoms with Gasteiger partial charge in [-0.3, -0.25) is 4.79 Å². The van der Waals surface area contributed by atoms with Crippen LogP contribution in [0.5, 0.6) is 5.75 Å². The molecule has 5 heteroatoms. The molecule has 146 valence electrons. The van der Waals surface area contributed by atoms with Gasteiger partial charge in [-0.25, -0.2) is 4.98 Å². The zero-order chi connectivity index (χ0) is 19.3. The van der Waals surface area contributed by atoms with Gasteiger partial charge in [0.25, 0.3) is 0 Å². The van der Waals surface area contributed by atoms with Crippen molar-refractivity contribution in [2.24, 2.45) is 0 Å². The van der Waals surface area contributed by atoms with Gasteiger partial charge >= 0.3 is 0 Å². The van der Waals surface area contributed by atoms with Crippen LogP contribution in [-0.2, 0) is 11.3 Å². The van der Waals surface area contributed by atoms with Crippen LogP contribution in [0, 0.1) is 0 Å². The summed E-state index contributed by atoms with van der Waals surface area (Å²) in [6.45, 7) is 4.07. The monoisotopic (exact) mass is 377 g/mol. The first-order chi connectivity index (χ1) is 13.7. The van der Waals surface area contributed by atoms with Crippen LogP contribution in [0.25, 0.3) is 11.0 Å². The molecule has 1 aliphatic rings. The first kappa shape index (κ1) is 18.5. The van der Waals surface area contributed by atoms with Gasteiger partial charge in [-0.05, 0) is 49.9 Å². The number of ether oxygens (including phenoxy) is 1. The summed E-state index contributed by atoms with van der Waals surface area (Å²) in [5, 5.41) is 0. The van der Waals surface area contributed by atoms with E-state index in [2.05, 4.69) is 22.8 Å². The summed E-state index contributed by atoms with van der Waals surface area (Å²) in [5.74, 6) is 2.08. The Bertz CT molecular complexity index is 935. The van der Waals surface area contributed by atoms with Crippen molar-refractivity contribution in [2.45, 2.75) is 45.2 Å². The molecule has 0 radical (unpaired) electrons. The number of rotatable bonds is 7. The van der Waals surface area contributed by atoms with Gasteiger partial charge in [0.2, 0.25) is 5.91 Å². The molecule has 0 bridgehead atoms. The van der Waals surface area contributed by atoms with Crippen LogP contribution in [0.1, 0.15) is 44.5 Å². The van der Waals surface area contributed by atoms with Crippen molar-refractivity contribution in [3.05, 3.63) is 60.4 Å². The molecule has 0 unspecified atom stereocenters. The molecule has 3 aromatic rings. The Morgan fingerprint density at radius 1 is 1.11 bits per heavy atom. The van der Waals surface area contributed by atoms with Crippen molar-refractivity contribution < 1.29 is 9.53 Å². The number of hydrogen-bond acceptors (Lipinski definition) is 3. The molecule has 1 atom stereocenters. The fourth-order valence-corrected chi connectivity index (χ4v) is 4.07. The second-order valence-electron chi connectivity index (χ2n) is 7.35. The van der Waals surface area contributed by atoms with E-state index in [0.29, 0.717) is 6.61 Å². The van der Waals surface area contributed by atoms with Crippen molar-refractivity contribution in [3.63, 3.8) is 0 Å². The highest BCUT2D eigenvalue weighted by Gasteiger charge is 2.31. The van der Waals surface area contributed by atoms with Crippen molar-refractivity contribution in [2.75, 3.05) is 13.2 Å². The maximum absolute atomic E-state index is 12.1. The molecule has 1 aliphatic heterocycles. The molecule has 0 N–H and O–H groups in total. The molecule has 2 aromatic carbocycles. The smallest absolute Gasteiger partial charge is 0.220 e. The number of nitrogens with zero attached hydrogens (tertiary/aromatic N) is 3. The van der Waals surface area contributed by atoms with Gasteiger partial charge in [-0.1, -0.05) is 30.3 Å². The Morgan fingerprint density at radius 3 is 2.71 bits per heavy atom. The van der Waals surface area contributed by atoms with Gasteiger partial charge in [-0.2, -0.15) is 0 Å². The first-order valence-corrected chi connectivity index (χ1v) is 10.1. The van der Waals surface area contributed by atoms with E-state index in [4.69, 9.17) is 9.72 Å². The van der Waals surface area contributed by atoms with Crippen molar-refractivity contribution in [3.8, 4) is 5.75 Å². The zero-order valence-corrected chi connectivity index (χ0v) is 16.4. The number of imidazole rings is 1. The van der Waals surface area contributed by atoms with Crippen LogP contribution in [-0.4, -0.2) is 33.5 Å². The number of benzene rings is 2. The SMILES string of the molecule is CC(=O)N1CCC[C@@H]1c1nc2ccccc2n1CCCCOc1ccccc1. The third kappa shape index (κ3) is 3.88. The fourth-order valence-electron chi connectivity index (χ4n) is 4.07. The fraction of sp³-hybridized carbons (Fsp3) is 0.391. The van der Waals surface area contributed by atoms with Crippen LogP contribution in [0.2, 0.25) is 0 Å². The van der Waals surface area contributed by atoms with Crippen LogP contribution in [0.4, 0.5) is 0 Å². The van der Waals surface area contributed by atoms with Crippen molar-refractivity contribution in [1.29, 1.82) is 0 Å². The van der Waals surface area contributed by atoms with Crippen LogP contribution < -0.4 is 4.74 Å². The van der Waals surface area contributed by atoms with Crippen molar-refractivity contribution in [1.82, 2.24) is 14.5 Å². The molecule has 28 heavy (non-hydrogen) atoms. The maximum Gasteiger partial charge on any atom is 0.220 e. The standard InChI is InChI=1S/C23H27N3O2/c1-18(27)25-16-9-14-22(25)23-24-20-12-5-6-13-21(20)26(23)15-7-8-17-28-19-10-3-2-4-11-19/h2-6,10-13,22H,7-9,14-17H2,1H3/t22-/m1/s1. The first-order valence-electron chi connectivity index (χ1n) is 10.1. The number of aromatic nitrogens is 2. The summed E-state index contributed by atoms with van der Waals surface area (Å²) >= 11 is 0. The largest absolute Gasteiger partial charge is 0.494 e. The second-order valence-corrected chi connectivity index (χ2v) is 7.35. The van der Waals surface area contributed by atoms with Gasteiger partial charge in [-0.15, -0.1) is 0 Å². The molecule has 1 saturated heterocycles. The highest BCUT2D eigenvalue weighted by molar-refractivity contribution is 5.77. The molecule has 4 rings (SSSR count). The van der Waals surface area contributed by atoms with Gasteiger partial charge < -0.3 is 14.2 Å². The number of carbonyl (C=O) groups excluding carboxylic acids is 1. The summed E-state index contributed by atoms with van der Waals surface area (Å²) in [4.78, 5) is 18.9. The quantitative estimate of drug-likeness (QED) is 0.566.